The molecule has 0 aliphatic heterocycles. The molecule has 0 aromatic heterocycles. The van der Waals surface area contributed by atoms with Crippen molar-refractivity contribution in [3.8, 4) is 0 Å². The fourth-order valence-electron chi connectivity index (χ4n) is 3.24. The van der Waals surface area contributed by atoms with E-state index in [9.17, 15) is 0 Å². The summed E-state index contributed by atoms with van der Waals surface area (Å²) in [6, 6.07) is 4.68. The van der Waals surface area contributed by atoms with Crippen LogP contribution in [0.5, 0.6) is 0 Å². The number of aryl methyl sites for hydroxylation is 3. The Morgan fingerprint density at radius 2 is 1.72 bits per heavy atom. The first-order chi connectivity index (χ1) is 8.61. The second-order valence-electron chi connectivity index (χ2n) is 6.60. The summed E-state index contributed by atoms with van der Waals surface area (Å²) in [5.41, 5.74) is 6.45. The molecule has 0 bridgehead atoms. The van der Waals surface area contributed by atoms with Gasteiger partial charge in [-0.2, -0.15) is 0 Å². The molecule has 0 unspecified atom stereocenters. The van der Waals surface area contributed by atoms with E-state index in [0.717, 1.165) is 12.5 Å². The molecule has 3 rings (SSSR count). The van der Waals surface area contributed by atoms with Crippen LogP contribution in [0.3, 0.4) is 0 Å². The zero-order chi connectivity index (χ0) is 12.8. The standard InChI is InChI=1S/C17H25N/c1-12-8-14(3)15(9-13(12)2)10-18-11-17(6-7-17)16-4-5-16/h8-9,16,18H,4-7,10-11H2,1-3H3. The Kier molecular flexibility index (Phi) is 2.97. The predicted octanol–water partition coefficient (Wildman–Crippen LogP) is 3.89. The topological polar surface area (TPSA) is 12.0 Å². The zero-order valence-electron chi connectivity index (χ0n) is 12.0. The average molecular weight is 243 g/mol. The maximum atomic E-state index is 3.71. The van der Waals surface area contributed by atoms with Crippen molar-refractivity contribution in [1.82, 2.24) is 5.32 Å². The summed E-state index contributed by atoms with van der Waals surface area (Å²) in [6.45, 7) is 8.93. The maximum absolute atomic E-state index is 3.71. The Bertz CT molecular complexity index is 453. The molecule has 2 aliphatic rings. The smallest absolute Gasteiger partial charge is 0.0208 e. The molecule has 18 heavy (non-hydrogen) atoms. The van der Waals surface area contributed by atoms with Crippen molar-refractivity contribution in [2.24, 2.45) is 11.3 Å². The van der Waals surface area contributed by atoms with Gasteiger partial charge in [-0.25, -0.2) is 0 Å². The van der Waals surface area contributed by atoms with Gasteiger partial charge in [0.15, 0.2) is 0 Å². The quantitative estimate of drug-likeness (QED) is 0.827. The van der Waals surface area contributed by atoms with Crippen LogP contribution in [0.25, 0.3) is 0 Å². The van der Waals surface area contributed by atoms with Crippen molar-refractivity contribution in [2.75, 3.05) is 6.54 Å². The third-order valence-corrected chi connectivity index (χ3v) is 5.08. The molecule has 0 amide bonds. The van der Waals surface area contributed by atoms with Crippen LogP contribution in [0, 0.1) is 32.1 Å². The third-order valence-electron chi connectivity index (χ3n) is 5.08. The lowest BCUT2D eigenvalue weighted by Gasteiger charge is -2.16. The molecule has 98 valence electrons. The summed E-state index contributed by atoms with van der Waals surface area (Å²) in [5, 5.41) is 3.71. The fraction of sp³-hybridized carbons (Fsp3) is 0.647. The Hall–Kier alpha value is -0.820. The van der Waals surface area contributed by atoms with Crippen LogP contribution >= 0.6 is 0 Å². The highest BCUT2D eigenvalue weighted by Gasteiger charge is 2.53. The van der Waals surface area contributed by atoms with Crippen molar-refractivity contribution in [1.29, 1.82) is 0 Å². The van der Waals surface area contributed by atoms with E-state index in [1.807, 2.05) is 0 Å². The van der Waals surface area contributed by atoms with Crippen LogP contribution in [0.15, 0.2) is 12.1 Å². The van der Waals surface area contributed by atoms with Crippen LogP contribution in [0.2, 0.25) is 0 Å². The first kappa shape index (κ1) is 12.2. The molecule has 0 atom stereocenters. The average Bonchev–Trinajstić information content (AvgIpc) is 3.16. The van der Waals surface area contributed by atoms with Crippen LogP contribution in [0.1, 0.15) is 47.9 Å². The van der Waals surface area contributed by atoms with E-state index in [4.69, 9.17) is 0 Å². The Morgan fingerprint density at radius 1 is 1.06 bits per heavy atom. The second-order valence-corrected chi connectivity index (χ2v) is 6.60. The number of hydrogen-bond acceptors (Lipinski definition) is 1. The van der Waals surface area contributed by atoms with Crippen LogP contribution < -0.4 is 5.32 Å². The van der Waals surface area contributed by atoms with Crippen LogP contribution in [0.4, 0.5) is 0 Å². The van der Waals surface area contributed by atoms with E-state index < -0.39 is 0 Å². The van der Waals surface area contributed by atoms with Gasteiger partial charge in [0, 0.05) is 13.1 Å². The molecular weight excluding hydrogens is 218 g/mol. The van der Waals surface area contributed by atoms with Crippen LogP contribution in [-0.4, -0.2) is 6.54 Å². The zero-order valence-corrected chi connectivity index (χ0v) is 12.0. The number of rotatable bonds is 5. The second kappa shape index (κ2) is 4.38. The Balaban J connectivity index is 1.58. The number of benzene rings is 1. The van der Waals surface area contributed by atoms with Crippen molar-refractivity contribution in [3.05, 3.63) is 34.4 Å². The molecule has 1 N–H and O–H groups in total. The molecule has 2 fully saturated rings. The number of nitrogens with one attached hydrogen (secondary N) is 1. The van der Waals surface area contributed by atoms with Crippen molar-refractivity contribution >= 4 is 0 Å². The third kappa shape index (κ3) is 2.33. The van der Waals surface area contributed by atoms with Crippen molar-refractivity contribution in [2.45, 2.75) is 53.0 Å². The van der Waals surface area contributed by atoms with E-state index in [2.05, 4.69) is 38.2 Å². The highest BCUT2D eigenvalue weighted by molar-refractivity contribution is 5.36. The van der Waals surface area contributed by atoms with E-state index in [-0.39, 0.29) is 0 Å². The first-order valence-electron chi connectivity index (χ1n) is 7.38. The van der Waals surface area contributed by atoms with Gasteiger partial charge < -0.3 is 5.32 Å². The van der Waals surface area contributed by atoms with Crippen molar-refractivity contribution in [3.63, 3.8) is 0 Å². The van der Waals surface area contributed by atoms with Gasteiger partial charge in [0.05, 0.1) is 0 Å². The summed E-state index contributed by atoms with van der Waals surface area (Å²) in [7, 11) is 0. The van der Waals surface area contributed by atoms with Gasteiger partial charge in [-0.3, -0.25) is 0 Å². The van der Waals surface area contributed by atoms with E-state index in [1.54, 1.807) is 0 Å². The van der Waals surface area contributed by atoms with Gasteiger partial charge in [0.2, 0.25) is 0 Å². The molecular formula is C17H25N. The van der Waals surface area contributed by atoms with Gasteiger partial charge in [-0.05, 0) is 80.0 Å². The molecule has 0 saturated heterocycles. The summed E-state index contributed by atoms with van der Waals surface area (Å²) < 4.78 is 0. The van der Waals surface area contributed by atoms with Gasteiger partial charge >= 0.3 is 0 Å². The molecule has 1 nitrogen and oxygen atoms in total. The summed E-state index contributed by atoms with van der Waals surface area (Å²) in [4.78, 5) is 0. The molecule has 0 radical (unpaired) electrons. The minimum Gasteiger partial charge on any atom is -0.312 e. The van der Waals surface area contributed by atoms with Crippen molar-refractivity contribution < 1.29 is 0 Å². The Labute approximate surface area is 111 Å². The normalized spacial score (nSPS) is 21.1. The Morgan fingerprint density at radius 3 is 2.33 bits per heavy atom. The molecule has 1 aromatic carbocycles. The maximum Gasteiger partial charge on any atom is 0.0208 e. The van der Waals surface area contributed by atoms with Gasteiger partial charge in [0.25, 0.3) is 0 Å². The minimum atomic E-state index is 0.716. The molecule has 0 heterocycles. The van der Waals surface area contributed by atoms with E-state index in [0.29, 0.717) is 5.41 Å². The molecule has 2 saturated carbocycles. The largest absolute Gasteiger partial charge is 0.312 e. The molecule has 1 heteroatoms. The molecule has 2 aliphatic carbocycles. The monoisotopic (exact) mass is 243 g/mol. The summed E-state index contributed by atoms with van der Waals surface area (Å²) >= 11 is 0. The lowest BCUT2D eigenvalue weighted by Crippen LogP contribution is -2.25. The highest BCUT2D eigenvalue weighted by Crippen LogP contribution is 2.60. The van der Waals surface area contributed by atoms with E-state index >= 15 is 0 Å². The lowest BCUT2D eigenvalue weighted by atomic mass is 9.99. The van der Waals surface area contributed by atoms with Gasteiger partial charge in [-0.1, -0.05) is 12.1 Å². The summed E-state index contributed by atoms with van der Waals surface area (Å²) in [5.74, 6) is 1.06. The fourth-order valence-corrected chi connectivity index (χ4v) is 3.24. The first-order valence-corrected chi connectivity index (χ1v) is 7.38. The van der Waals surface area contributed by atoms with E-state index in [1.165, 1.54) is 54.5 Å². The van der Waals surface area contributed by atoms with Crippen LogP contribution in [-0.2, 0) is 6.54 Å². The SMILES string of the molecule is Cc1cc(C)c(CNCC2(C3CC3)CC2)cc1C. The van der Waals surface area contributed by atoms with Gasteiger partial charge in [0.1, 0.15) is 0 Å². The van der Waals surface area contributed by atoms with Gasteiger partial charge in [-0.15, -0.1) is 0 Å². The molecule has 0 spiro atoms. The predicted molar refractivity (Wildman–Crippen MR) is 76.8 cm³/mol. The minimum absolute atomic E-state index is 0.716. The lowest BCUT2D eigenvalue weighted by molar-refractivity contribution is 0.403. The number of hydrogen-bond donors (Lipinski definition) is 1. The molecule has 1 aromatic rings. The summed E-state index contributed by atoms with van der Waals surface area (Å²) in [6.07, 6.45) is 5.92. The highest BCUT2D eigenvalue weighted by atomic mass is 14.9.